The van der Waals surface area contributed by atoms with Crippen molar-refractivity contribution in [3.63, 3.8) is 0 Å². The number of aromatic nitrogens is 1. The van der Waals surface area contributed by atoms with Gasteiger partial charge in [-0.3, -0.25) is 4.79 Å². The Bertz CT molecular complexity index is 872. The Balaban J connectivity index is 1.57. The fraction of sp³-hybridized carbons (Fsp3) is 0.200. The minimum Gasteiger partial charge on any atom is -0.497 e. The molecule has 6 nitrogen and oxygen atoms in total. The molecular formula is C20H20N2O4. The molecule has 6 heteroatoms. The van der Waals surface area contributed by atoms with Gasteiger partial charge >= 0.3 is 0 Å². The second-order valence-corrected chi connectivity index (χ2v) is 5.66. The Labute approximate surface area is 151 Å². The highest BCUT2D eigenvalue weighted by molar-refractivity contribution is 5.93. The molecule has 0 unspecified atom stereocenters. The normalized spacial score (nSPS) is 10.4. The smallest absolute Gasteiger partial charge is 0.273 e. The van der Waals surface area contributed by atoms with Crippen molar-refractivity contribution in [3.05, 3.63) is 65.9 Å². The first kappa shape index (κ1) is 17.5. The lowest BCUT2D eigenvalue weighted by Crippen LogP contribution is -2.25. The third-order valence-electron chi connectivity index (χ3n) is 3.96. The summed E-state index contributed by atoms with van der Waals surface area (Å²) in [5, 5.41) is 6.70. The van der Waals surface area contributed by atoms with Crippen molar-refractivity contribution < 1.29 is 18.8 Å². The second kappa shape index (κ2) is 8.20. The number of rotatable bonds is 7. The molecule has 26 heavy (non-hydrogen) atoms. The van der Waals surface area contributed by atoms with Crippen LogP contribution < -0.4 is 14.8 Å². The molecule has 1 N–H and O–H groups in total. The van der Waals surface area contributed by atoms with Gasteiger partial charge in [-0.15, -0.1) is 0 Å². The van der Waals surface area contributed by atoms with E-state index in [0.717, 1.165) is 23.3 Å². The van der Waals surface area contributed by atoms with E-state index in [9.17, 15) is 4.79 Å². The van der Waals surface area contributed by atoms with E-state index >= 15 is 0 Å². The van der Waals surface area contributed by atoms with Crippen LogP contribution in [0.5, 0.6) is 11.5 Å². The molecule has 0 fully saturated rings. The van der Waals surface area contributed by atoms with Crippen molar-refractivity contribution in [3.8, 4) is 22.8 Å². The van der Waals surface area contributed by atoms with E-state index in [-0.39, 0.29) is 11.6 Å². The van der Waals surface area contributed by atoms with Gasteiger partial charge < -0.3 is 19.3 Å². The number of carbonyl (C=O) groups is 1. The summed E-state index contributed by atoms with van der Waals surface area (Å²) in [7, 11) is 3.23. The number of nitrogens with one attached hydrogen (secondary N) is 1. The van der Waals surface area contributed by atoms with Gasteiger partial charge in [0.15, 0.2) is 11.5 Å². The van der Waals surface area contributed by atoms with Crippen LogP contribution in [0.4, 0.5) is 0 Å². The van der Waals surface area contributed by atoms with Crippen LogP contribution in [0.15, 0.2) is 59.1 Å². The first-order chi connectivity index (χ1) is 12.7. The number of nitrogens with zero attached hydrogens (tertiary/aromatic N) is 1. The quantitative estimate of drug-likeness (QED) is 0.706. The highest BCUT2D eigenvalue weighted by Crippen LogP contribution is 2.24. The van der Waals surface area contributed by atoms with E-state index in [1.54, 1.807) is 20.3 Å². The highest BCUT2D eigenvalue weighted by Gasteiger charge is 2.13. The molecule has 0 atom stereocenters. The largest absolute Gasteiger partial charge is 0.497 e. The molecule has 0 saturated carbocycles. The maximum absolute atomic E-state index is 12.2. The van der Waals surface area contributed by atoms with E-state index in [0.29, 0.717) is 18.1 Å². The Morgan fingerprint density at radius 3 is 2.54 bits per heavy atom. The maximum Gasteiger partial charge on any atom is 0.273 e. The molecule has 2 aromatic carbocycles. The predicted octanol–water partition coefficient (Wildman–Crippen LogP) is 3.33. The molecule has 3 aromatic rings. The molecule has 0 saturated heterocycles. The average molecular weight is 352 g/mol. The number of methoxy groups -OCH3 is 2. The zero-order valence-electron chi connectivity index (χ0n) is 14.7. The minimum absolute atomic E-state index is 0.248. The lowest BCUT2D eigenvalue weighted by atomic mass is 10.1. The number of hydrogen-bond acceptors (Lipinski definition) is 5. The van der Waals surface area contributed by atoms with Gasteiger partial charge in [0, 0.05) is 18.2 Å². The topological polar surface area (TPSA) is 73.6 Å². The van der Waals surface area contributed by atoms with Crippen molar-refractivity contribution in [2.75, 3.05) is 20.8 Å². The summed E-state index contributed by atoms with van der Waals surface area (Å²) in [6, 6.07) is 16.8. The molecule has 0 aliphatic rings. The number of hydrogen-bond donors (Lipinski definition) is 1. The van der Waals surface area contributed by atoms with Gasteiger partial charge in [0.1, 0.15) is 11.5 Å². The standard InChI is InChI=1S/C20H20N2O4/c1-24-16-8-6-14(7-9-16)10-11-21-20(23)18-13-19(26-22-18)15-4-3-5-17(12-15)25-2/h3-9,12-13H,10-11H2,1-2H3,(H,21,23). The van der Waals surface area contributed by atoms with E-state index in [1.807, 2.05) is 48.5 Å². The third-order valence-corrected chi connectivity index (χ3v) is 3.96. The Morgan fingerprint density at radius 2 is 1.81 bits per heavy atom. The lowest BCUT2D eigenvalue weighted by molar-refractivity contribution is 0.0945. The van der Waals surface area contributed by atoms with Crippen molar-refractivity contribution in [2.45, 2.75) is 6.42 Å². The molecule has 1 aromatic heterocycles. The zero-order valence-corrected chi connectivity index (χ0v) is 14.7. The molecular weight excluding hydrogens is 332 g/mol. The van der Waals surface area contributed by atoms with Crippen molar-refractivity contribution in [1.29, 1.82) is 0 Å². The number of ether oxygens (including phenoxy) is 2. The van der Waals surface area contributed by atoms with Gasteiger partial charge in [-0.1, -0.05) is 29.4 Å². The minimum atomic E-state index is -0.267. The fourth-order valence-electron chi connectivity index (χ4n) is 2.50. The van der Waals surface area contributed by atoms with Gasteiger partial charge in [-0.2, -0.15) is 0 Å². The van der Waals surface area contributed by atoms with Crippen LogP contribution in [0.25, 0.3) is 11.3 Å². The SMILES string of the molecule is COc1ccc(CCNC(=O)c2cc(-c3cccc(OC)c3)on2)cc1. The molecule has 1 amide bonds. The predicted molar refractivity (Wildman–Crippen MR) is 97.5 cm³/mol. The van der Waals surface area contributed by atoms with Gasteiger partial charge in [0.25, 0.3) is 5.91 Å². The summed E-state index contributed by atoms with van der Waals surface area (Å²) in [6.45, 7) is 0.506. The van der Waals surface area contributed by atoms with Crippen molar-refractivity contribution in [1.82, 2.24) is 10.5 Å². The highest BCUT2D eigenvalue weighted by atomic mass is 16.5. The second-order valence-electron chi connectivity index (χ2n) is 5.66. The van der Waals surface area contributed by atoms with E-state index in [1.165, 1.54) is 0 Å². The van der Waals surface area contributed by atoms with E-state index in [2.05, 4.69) is 10.5 Å². The van der Waals surface area contributed by atoms with Crippen LogP contribution >= 0.6 is 0 Å². The number of amides is 1. The van der Waals surface area contributed by atoms with E-state index in [4.69, 9.17) is 14.0 Å². The summed E-state index contributed by atoms with van der Waals surface area (Å²) in [4.78, 5) is 12.2. The maximum atomic E-state index is 12.2. The zero-order chi connectivity index (χ0) is 18.4. The van der Waals surface area contributed by atoms with Crippen LogP contribution in [-0.2, 0) is 6.42 Å². The summed E-state index contributed by atoms with van der Waals surface area (Å²) >= 11 is 0. The van der Waals surface area contributed by atoms with Gasteiger partial charge in [0.2, 0.25) is 0 Å². The van der Waals surface area contributed by atoms with Crippen LogP contribution in [0.3, 0.4) is 0 Å². The van der Waals surface area contributed by atoms with Crippen LogP contribution in [0, 0.1) is 0 Å². The molecule has 0 spiro atoms. The molecule has 0 aliphatic heterocycles. The Kier molecular flexibility index (Phi) is 5.53. The average Bonchev–Trinajstić information content (AvgIpc) is 3.19. The Hall–Kier alpha value is -3.28. The fourth-order valence-corrected chi connectivity index (χ4v) is 2.50. The summed E-state index contributed by atoms with van der Waals surface area (Å²) in [6.07, 6.45) is 0.719. The van der Waals surface area contributed by atoms with Crippen molar-refractivity contribution in [2.24, 2.45) is 0 Å². The summed E-state index contributed by atoms with van der Waals surface area (Å²) in [5.41, 5.74) is 2.16. The third kappa shape index (κ3) is 4.22. The molecule has 0 radical (unpaired) electrons. The summed E-state index contributed by atoms with van der Waals surface area (Å²) < 4.78 is 15.6. The lowest BCUT2D eigenvalue weighted by Gasteiger charge is -2.04. The van der Waals surface area contributed by atoms with Crippen molar-refractivity contribution >= 4 is 5.91 Å². The van der Waals surface area contributed by atoms with Gasteiger partial charge in [-0.05, 0) is 36.2 Å². The first-order valence-corrected chi connectivity index (χ1v) is 8.22. The van der Waals surface area contributed by atoms with Crippen LogP contribution in [0.1, 0.15) is 16.1 Å². The monoisotopic (exact) mass is 352 g/mol. The summed E-state index contributed by atoms with van der Waals surface area (Å²) in [5.74, 6) is 1.77. The first-order valence-electron chi connectivity index (χ1n) is 8.22. The molecule has 1 heterocycles. The number of benzene rings is 2. The molecule has 0 aliphatic carbocycles. The molecule has 0 bridgehead atoms. The molecule has 3 rings (SSSR count). The molecule has 134 valence electrons. The number of carbonyl (C=O) groups excluding carboxylic acids is 1. The van der Waals surface area contributed by atoms with Crippen LogP contribution in [0.2, 0.25) is 0 Å². The van der Waals surface area contributed by atoms with Gasteiger partial charge in [-0.25, -0.2) is 0 Å². The van der Waals surface area contributed by atoms with E-state index < -0.39 is 0 Å². The Morgan fingerprint density at radius 1 is 1.04 bits per heavy atom. The van der Waals surface area contributed by atoms with Gasteiger partial charge in [0.05, 0.1) is 14.2 Å². The van der Waals surface area contributed by atoms with Crippen LogP contribution in [-0.4, -0.2) is 31.8 Å².